The van der Waals surface area contributed by atoms with Crippen LogP contribution in [-0.2, 0) is 0 Å². The molecule has 0 aromatic carbocycles. The lowest BCUT2D eigenvalue weighted by atomic mass is 9.85. The van der Waals surface area contributed by atoms with Crippen molar-refractivity contribution in [2.24, 2.45) is 5.92 Å². The van der Waals surface area contributed by atoms with Crippen molar-refractivity contribution in [3.8, 4) is 0 Å². The second-order valence-corrected chi connectivity index (χ2v) is 6.44. The van der Waals surface area contributed by atoms with Crippen LogP contribution in [0.4, 0.5) is 0 Å². The van der Waals surface area contributed by atoms with Crippen LogP contribution in [0.1, 0.15) is 71.1 Å². The van der Waals surface area contributed by atoms with Gasteiger partial charge >= 0.3 is 0 Å². The number of unbranched alkanes of at least 4 members (excludes halogenated alkanes) is 4. The van der Waals surface area contributed by atoms with E-state index in [1.807, 2.05) is 0 Å². The Labute approximate surface area is 114 Å². The average molecular weight is 249 g/mol. The van der Waals surface area contributed by atoms with Crippen molar-refractivity contribution in [3.05, 3.63) is 12.7 Å². The van der Waals surface area contributed by atoms with Gasteiger partial charge in [0.2, 0.25) is 0 Å². The molecule has 3 atom stereocenters. The number of hydrogen-bond donors (Lipinski definition) is 0. The van der Waals surface area contributed by atoms with Gasteiger partial charge in [0, 0.05) is 12.1 Å². The Bertz CT molecular complexity index is 248. The van der Waals surface area contributed by atoms with Crippen molar-refractivity contribution < 1.29 is 0 Å². The Morgan fingerprint density at radius 1 is 1.11 bits per heavy atom. The van der Waals surface area contributed by atoms with Crippen LogP contribution >= 0.6 is 0 Å². The second-order valence-electron chi connectivity index (χ2n) is 6.44. The molecular weight excluding hydrogens is 218 g/mol. The summed E-state index contributed by atoms with van der Waals surface area (Å²) in [5.74, 6) is 0.955. The van der Waals surface area contributed by atoms with Crippen LogP contribution in [0, 0.1) is 5.92 Å². The van der Waals surface area contributed by atoms with Crippen LogP contribution in [0.5, 0.6) is 0 Å². The van der Waals surface area contributed by atoms with Gasteiger partial charge < -0.3 is 0 Å². The molecule has 18 heavy (non-hydrogen) atoms. The van der Waals surface area contributed by atoms with E-state index in [2.05, 4.69) is 24.5 Å². The van der Waals surface area contributed by atoms with Gasteiger partial charge in [-0.25, -0.2) is 0 Å². The van der Waals surface area contributed by atoms with Crippen LogP contribution < -0.4 is 0 Å². The van der Waals surface area contributed by atoms with Gasteiger partial charge in [-0.15, -0.1) is 6.58 Å². The van der Waals surface area contributed by atoms with Crippen molar-refractivity contribution in [1.82, 2.24) is 4.90 Å². The molecule has 0 aromatic rings. The van der Waals surface area contributed by atoms with Gasteiger partial charge in [0.25, 0.3) is 0 Å². The second kappa shape index (κ2) is 7.33. The molecule has 2 aliphatic rings. The standard InChI is InChI=1S/C17H31N/c1-3-4-5-6-7-8-10-16-13-12-15(2)17-11-9-14-18(16)17/h3,15-17H,1,4-14H2,2H3/t15-,16-,17+/m0/s1. The zero-order valence-corrected chi connectivity index (χ0v) is 12.2. The van der Waals surface area contributed by atoms with Gasteiger partial charge in [0.05, 0.1) is 0 Å². The van der Waals surface area contributed by atoms with E-state index in [0.29, 0.717) is 0 Å². The van der Waals surface area contributed by atoms with E-state index < -0.39 is 0 Å². The van der Waals surface area contributed by atoms with E-state index in [1.54, 1.807) is 0 Å². The van der Waals surface area contributed by atoms with E-state index >= 15 is 0 Å². The quantitative estimate of drug-likeness (QED) is 0.464. The Kier molecular flexibility index (Phi) is 5.75. The van der Waals surface area contributed by atoms with Gasteiger partial charge in [-0.3, -0.25) is 4.90 Å². The molecule has 0 amide bonds. The molecule has 0 N–H and O–H groups in total. The lowest BCUT2D eigenvalue weighted by molar-refractivity contribution is 0.0750. The van der Waals surface area contributed by atoms with Crippen LogP contribution in [0.25, 0.3) is 0 Å². The number of rotatable bonds is 7. The summed E-state index contributed by atoms with van der Waals surface area (Å²) < 4.78 is 0. The molecule has 104 valence electrons. The third-order valence-corrected chi connectivity index (χ3v) is 5.12. The van der Waals surface area contributed by atoms with Crippen LogP contribution in [0.2, 0.25) is 0 Å². The summed E-state index contributed by atoms with van der Waals surface area (Å²) >= 11 is 0. The number of nitrogens with zero attached hydrogens (tertiary/aromatic N) is 1. The molecule has 2 saturated heterocycles. The Morgan fingerprint density at radius 2 is 1.94 bits per heavy atom. The van der Waals surface area contributed by atoms with Gasteiger partial charge in [-0.2, -0.15) is 0 Å². The molecule has 0 unspecified atom stereocenters. The molecule has 0 saturated carbocycles. The molecule has 0 radical (unpaired) electrons. The maximum atomic E-state index is 3.79. The topological polar surface area (TPSA) is 3.24 Å². The monoisotopic (exact) mass is 249 g/mol. The molecule has 0 bridgehead atoms. The smallest absolute Gasteiger partial charge is 0.0124 e. The Balaban J connectivity index is 1.65. The SMILES string of the molecule is C=CCCCCCC[C@H]1CC[C@H](C)[C@H]2CCCN12. The van der Waals surface area contributed by atoms with E-state index in [0.717, 1.165) is 18.0 Å². The van der Waals surface area contributed by atoms with Crippen molar-refractivity contribution >= 4 is 0 Å². The highest BCUT2D eigenvalue weighted by molar-refractivity contribution is 4.92. The van der Waals surface area contributed by atoms with Crippen molar-refractivity contribution in [3.63, 3.8) is 0 Å². The van der Waals surface area contributed by atoms with E-state index in [9.17, 15) is 0 Å². The zero-order chi connectivity index (χ0) is 12.8. The van der Waals surface area contributed by atoms with Gasteiger partial charge in [0.15, 0.2) is 0 Å². The summed E-state index contributed by atoms with van der Waals surface area (Å²) in [4.78, 5) is 2.86. The fourth-order valence-electron chi connectivity index (χ4n) is 4.03. The maximum absolute atomic E-state index is 3.79. The van der Waals surface area contributed by atoms with Gasteiger partial charge in [-0.1, -0.05) is 32.3 Å². The van der Waals surface area contributed by atoms with Crippen molar-refractivity contribution in [2.45, 2.75) is 83.2 Å². The summed E-state index contributed by atoms with van der Waals surface area (Å²) in [6.07, 6.45) is 16.2. The van der Waals surface area contributed by atoms with Crippen LogP contribution in [-0.4, -0.2) is 23.5 Å². The molecule has 1 nitrogen and oxygen atoms in total. The number of hydrogen-bond acceptors (Lipinski definition) is 1. The summed E-state index contributed by atoms with van der Waals surface area (Å²) in [6.45, 7) is 7.64. The summed E-state index contributed by atoms with van der Waals surface area (Å²) in [7, 11) is 0. The highest BCUT2D eigenvalue weighted by Gasteiger charge is 2.37. The molecule has 1 heteroatoms. The molecule has 2 heterocycles. The van der Waals surface area contributed by atoms with E-state index in [4.69, 9.17) is 0 Å². The third-order valence-electron chi connectivity index (χ3n) is 5.12. The number of piperidine rings is 1. The van der Waals surface area contributed by atoms with Crippen LogP contribution in [0.3, 0.4) is 0 Å². The first-order valence-corrected chi connectivity index (χ1v) is 8.19. The van der Waals surface area contributed by atoms with E-state index in [1.165, 1.54) is 70.8 Å². The fraction of sp³-hybridized carbons (Fsp3) is 0.882. The minimum absolute atomic E-state index is 0.924. The highest BCUT2D eigenvalue weighted by atomic mass is 15.2. The van der Waals surface area contributed by atoms with Crippen LogP contribution in [0.15, 0.2) is 12.7 Å². The third kappa shape index (κ3) is 3.60. The Hall–Kier alpha value is -0.300. The lowest BCUT2D eigenvalue weighted by Crippen LogP contribution is -2.46. The molecule has 2 rings (SSSR count). The summed E-state index contributed by atoms with van der Waals surface area (Å²) in [5, 5.41) is 0. The minimum Gasteiger partial charge on any atom is -0.297 e. The zero-order valence-electron chi connectivity index (χ0n) is 12.2. The predicted octanol–water partition coefficient (Wildman–Crippen LogP) is 4.78. The minimum atomic E-state index is 0.924. The molecule has 2 fully saturated rings. The molecule has 0 aliphatic carbocycles. The van der Waals surface area contributed by atoms with Gasteiger partial charge in [0.1, 0.15) is 0 Å². The highest BCUT2D eigenvalue weighted by Crippen LogP contribution is 2.36. The number of fused-ring (bicyclic) bond motifs is 1. The van der Waals surface area contributed by atoms with E-state index in [-0.39, 0.29) is 0 Å². The molecule has 0 aromatic heterocycles. The normalized spacial score (nSPS) is 32.4. The summed E-state index contributed by atoms with van der Waals surface area (Å²) in [5.41, 5.74) is 0. The first-order chi connectivity index (χ1) is 8.83. The first kappa shape index (κ1) is 14.1. The first-order valence-electron chi connectivity index (χ1n) is 8.19. The predicted molar refractivity (Wildman–Crippen MR) is 79.8 cm³/mol. The average Bonchev–Trinajstić information content (AvgIpc) is 2.86. The van der Waals surface area contributed by atoms with Crippen molar-refractivity contribution in [2.75, 3.05) is 6.54 Å². The molecule has 0 spiro atoms. The maximum Gasteiger partial charge on any atom is 0.0124 e. The molecular formula is C17H31N. The van der Waals surface area contributed by atoms with Gasteiger partial charge in [-0.05, 0) is 57.4 Å². The lowest BCUT2D eigenvalue weighted by Gasteiger charge is -2.41. The fourth-order valence-corrected chi connectivity index (χ4v) is 4.03. The summed E-state index contributed by atoms with van der Waals surface area (Å²) in [6, 6.07) is 1.86. The van der Waals surface area contributed by atoms with Crippen molar-refractivity contribution in [1.29, 1.82) is 0 Å². The largest absolute Gasteiger partial charge is 0.297 e. The Morgan fingerprint density at radius 3 is 2.78 bits per heavy atom. The number of allylic oxidation sites excluding steroid dienone is 1. The molecule has 2 aliphatic heterocycles.